The molecule has 2 rings (SSSR count). The van der Waals surface area contributed by atoms with Gasteiger partial charge >= 0.3 is 5.97 Å². The van der Waals surface area contributed by atoms with E-state index < -0.39 is 5.97 Å². The summed E-state index contributed by atoms with van der Waals surface area (Å²) in [7, 11) is 0. The van der Waals surface area contributed by atoms with Gasteiger partial charge in [0.1, 0.15) is 0 Å². The molecule has 0 saturated carbocycles. The van der Waals surface area contributed by atoms with Gasteiger partial charge in [-0.05, 0) is 24.1 Å². The van der Waals surface area contributed by atoms with Crippen LogP contribution in [0.25, 0.3) is 0 Å². The first kappa shape index (κ1) is 15.4. The molecule has 4 nitrogen and oxygen atoms in total. The van der Waals surface area contributed by atoms with E-state index in [4.69, 9.17) is 10.8 Å². The number of nitrogens with two attached hydrogens (primary N) is 1. The molecule has 20 heavy (non-hydrogen) atoms. The highest BCUT2D eigenvalue weighted by Crippen LogP contribution is 2.01. The maximum absolute atomic E-state index is 10.4. The molecule has 0 aliphatic carbocycles. The smallest absolute Gasteiger partial charge is 0.335 e. The largest absolute Gasteiger partial charge is 0.478 e. The number of benzene rings is 2. The Kier molecular flexibility index (Phi) is 6.54. The summed E-state index contributed by atoms with van der Waals surface area (Å²) in [5.41, 5.74) is 6.49. The molecule has 0 aromatic heterocycles. The summed E-state index contributed by atoms with van der Waals surface area (Å²) < 4.78 is 0. The molecule has 0 aliphatic rings. The number of hydrogen-bond acceptors (Lipinski definition) is 2. The van der Waals surface area contributed by atoms with Crippen LogP contribution in [0.3, 0.4) is 0 Å². The van der Waals surface area contributed by atoms with Crippen molar-refractivity contribution >= 4 is 11.9 Å². The highest BCUT2D eigenvalue weighted by atomic mass is 16.4. The van der Waals surface area contributed by atoms with Crippen LogP contribution in [0, 0.1) is 0 Å². The molecule has 4 heteroatoms. The van der Waals surface area contributed by atoms with Crippen molar-refractivity contribution < 1.29 is 14.7 Å². The van der Waals surface area contributed by atoms with E-state index in [0.717, 1.165) is 12.0 Å². The third kappa shape index (κ3) is 6.35. The molecule has 1 amide bonds. The molecule has 104 valence electrons. The second-order valence-electron chi connectivity index (χ2n) is 4.12. The third-order valence-corrected chi connectivity index (χ3v) is 2.52. The normalized spacial score (nSPS) is 9.20. The average Bonchev–Trinajstić information content (AvgIpc) is 2.48. The van der Waals surface area contributed by atoms with E-state index >= 15 is 0 Å². The predicted molar refractivity (Wildman–Crippen MR) is 77.4 cm³/mol. The highest BCUT2D eigenvalue weighted by Gasteiger charge is 1.96. The fourth-order valence-corrected chi connectivity index (χ4v) is 1.49. The summed E-state index contributed by atoms with van der Waals surface area (Å²) in [4.78, 5) is 20.6. The van der Waals surface area contributed by atoms with E-state index in [1.165, 1.54) is 0 Å². The van der Waals surface area contributed by atoms with Crippen molar-refractivity contribution in [1.29, 1.82) is 0 Å². The Bertz CT molecular complexity index is 538. The van der Waals surface area contributed by atoms with Gasteiger partial charge in [-0.3, -0.25) is 4.79 Å². The van der Waals surface area contributed by atoms with Gasteiger partial charge < -0.3 is 10.8 Å². The predicted octanol–water partition coefficient (Wildman–Crippen LogP) is 2.49. The number of carboxylic acid groups (broad SMARTS) is 1. The van der Waals surface area contributed by atoms with Crippen molar-refractivity contribution in [3.05, 3.63) is 71.8 Å². The Morgan fingerprint density at radius 3 is 1.80 bits per heavy atom. The van der Waals surface area contributed by atoms with Crippen molar-refractivity contribution in [3.8, 4) is 0 Å². The molecule has 2 aromatic carbocycles. The van der Waals surface area contributed by atoms with Crippen LogP contribution in [-0.4, -0.2) is 17.0 Å². The number of rotatable bonds is 4. The number of amides is 1. The number of carboxylic acids is 1. The summed E-state index contributed by atoms with van der Waals surface area (Å²) in [6.07, 6.45) is 1.18. The molecule has 0 spiro atoms. The Hall–Kier alpha value is -2.62. The van der Waals surface area contributed by atoms with Crippen molar-refractivity contribution in [2.24, 2.45) is 5.73 Å². The van der Waals surface area contributed by atoms with Crippen molar-refractivity contribution in [2.75, 3.05) is 0 Å². The zero-order chi connectivity index (χ0) is 14.8. The first-order valence-corrected chi connectivity index (χ1v) is 6.20. The van der Waals surface area contributed by atoms with Gasteiger partial charge in [0.2, 0.25) is 5.91 Å². The Balaban J connectivity index is 0.000000204. The van der Waals surface area contributed by atoms with Gasteiger partial charge in [-0.25, -0.2) is 4.79 Å². The number of carbonyl (C=O) groups excluding carboxylic acids is 1. The average molecular weight is 271 g/mol. The molecular formula is C16H17NO3. The van der Waals surface area contributed by atoms with Crippen molar-refractivity contribution in [3.63, 3.8) is 0 Å². The third-order valence-electron chi connectivity index (χ3n) is 2.52. The maximum Gasteiger partial charge on any atom is 0.335 e. The molecule has 0 saturated heterocycles. The van der Waals surface area contributed by atoms with Crippen LogP contribution in [0.2, 0.25) is 0 Å². The lowest BCUT2D eigenvalue weighted by atomic mass is 10.1. The lowest BCUT2D eigenvalue weighted by molar-refractivity contribution is -0.117. The lowest BCUT2D eigenvalue weighted by Gasteiger charge is -1.96. The summed E-state index contributed by atoms with van der Waals surface area (Å²) in [5.74, 6) is -1.12. The minimum absolute atomic E-state index is 0.242. The first-order chi connectivity index (χ1) is 9.59. The van der Waals surface area contributed by atoms with Gasteiger partial charge in [0.25, 0.3) is 0 Å². The van der Waals surface area contributed by atoms with Crippen LogP contribution in [0.1, 0.15) is 22.3 Å². The fraction of sp³-hybridized carbons (Fsp3) is 0.125. The quantitative estimate of drug-likeness (QED) is 0.896. The second-order valence-corrected chi connectivity index (χ2v) is 4.12. The van der Waals surface area contributed by atoms with Crippen LogP contribution in [0.4, 0.5) is 0 Å². The SMILES string of the molecule is NC(=O)CCc1ccccc1.O=C(O)c1ccccc1. The number of hydrogen-bond donors (Lipinski definition) is 2. The highest BCUT2D eigenvalue weighted by molar-refractivity contribution is 5.87. The minimum Gasteiger partial charge on any atom is -0.478 e. The van der Waals surface area contributed by atoms with Gasteiger partial charge in [-0.15, -0.1) is 0 Å². The standard InChI is InChI=1S/C9H11NO.C7H6O2/c10-9(11)7-6-8-4-2-1-3-5-8;8-7(9)6-4-2-1-3-5-6/h1-5H,6-7H2,(H2,10,11);1-5H,(H,8,9). The molecule has 0 heterocycles. The summed E-state index contributed by atoms with van der Waals surface area (Å²) >= 11 is 0. The van der Waals surface area contributed by atoms with E-state index in [0.29, 0.717) is 12.0 Å². The monoisotopic (exact) mass is 271 g/mol. The van der Waals surface area contributed by atoms with Gasteiger partial charge in [0.05, 0.1) is 5.56 Å². The topological polar surface area (TPSA) is 80.4 Å². The van der Waals surface area contributed by atoms with Crippen molar-refractivity contribution in [2.45, 2.75) is 12.8 Å². The van der Waals surface area contributed by atoms with Gasteiger partial charge in [-0.2, -0.15) is 0 Å². The van der Waals surface area contributed by atoms with E-state index in [1.54, 1.807) is 30.3 Å². The molecule has 0 unspecified atom stereocenters. The number of primary amides is 1. The van der Waals surface area contributed by atoms with E-state index in [2.05, 4.69) is 0 Å². The zero-order valence-electron chi connectivity index (χ0n) is 11.0. The van der Waals surface area contributed by atoms with E-state index in [-0.39, 0.29) is 5.91 Å². The summed E-state index contributed by atoms with van der Waals surface area (Å²) in [6, 6.07) is 18.1. The molecule has 2 aromatic rings. The summed E-state index contributed by atoms with van der Waals surface area (Å²) in [6.45, 7) is 0. The number of aromatic carboxylic acids is 1. The van der Waals surface area contributed by atoms with Gasteiger partial charge in [0.15, 0.2) is 0 Å². The Labute approximate surface area is 117 Å². The zero-order valence-corrected chi connectivity index (χ0v) is 11.0. The molecule has 3 N–H and O–H groups in total. The Morgan fingerprint density at radius 2 is 1.40 bits per heavy atom. The lowest BCUT2D eigenvalue weighted by Crippen LogP contribution is -2.10. The van der Waals surface area contributed by atoms with Crippen LogP contribution in [0.15, 0.2) is 60.7 Å². The molecule has 0 atom stereocenters. The van der Waals surface area contributed by atoms with Gasteiger partial charge in [-0.1, -0.05) is 48.5 Å². The molecule has 0 radical (unpaired) electrons. The second kappa shape index (κ2) is 8.48. The van der Waals surface area contributed by atoms with Crippen LogP contribution in [-0.2, 0) is 11.2 Å². The van der Waals surface area contributed by atoms with E-state index in [9.17, 15) is 9.59 Å². The first-order valence-electron chi connectivity index (χ1n) is 6.20. The van der Waals surface area contributed by atoms with Gasteiger partial charge in [0, 0.05) is 6.42 Å². The van der Waals surface area contributed by atoms with E-state index in [1.807, 2.05) is 30.3 Å². The van der Waals surface area contributed by atoms with Crippen LogP contribution >= 0.6 is 0 Å². The Morgan fingerprint density at radius 1 is 0.900 bits per heavy atom. The fourth-order valence-electron chi connectivity index (χ4n) is 1.49. The number of carbonyl (C=O) groups is 2. The van der Waals surface area contributed by atoms with Crippen LogP contribution in [0.5, 0.6) is 0 Å². The summed E-state index contributed by atoms with van der Waals surface area (Å²) in [5, 5.41) is 8.38. The molecule has 0 bridgehead atoms. The maximum atomic E-state index is 10.4. The van der Waals surface area contributed by atoms with Crippen LogP contribution < -0.4 is 5.73 Å². The minimum atomic E-state index is -0.879. The molecule has 0 fully saturated rings. The van der Waals surface area contributed by atoms with Crippen molar-refractivity contribution in [1.82, 2.24) is 0 Å². The number of aryl methyl sites for hydroxylation is 1. The molecular weight excluding hydrogens is 254 g/mol. The molecule has 0 aliphatic heterocycles.